The predicted octanol–water partition coefficient (Wildman–Crippen LogP) is 6.07. The summed E-state index contributed by atoms with van der Waals surface area (Å²) < 4.78 is 0. The van der Waals surface area contributed by atoms with E-state index in [9.17, 15) is 0 Å². The molecule has 0 amide bonds. The van der Waals surface area contributed by atoms with Gasteiger partial charge < -0.3 is 0 Å². The van der Waals surface area contributed by atoms with Crippen molar-refractivity contribution in [3.63, 3.8) is 0 Å². The van der Waals surface area contributed by atoms with E-state index in [0.29, 0.717) is 0 Å². The van der Waals surface area contributed by atoms with Gasteiger partial charge in [-0.25, -0.2) is 0 Å². The quantitative estimate of drug-likeness (QED) is 0.543. The monoisotopic (exact) mass is 322 g/mol. The second kappa shape index (κ2) is 8.53. The maximum absolute atomic E-state index is 8.76. The zero-order chi connectivity index (χ0) is 16.8. The fourth-order valence-corrected chi connectivity index (χ4v) is 5.20. The van der Waals surface area contributed by atoms with Crippen LogP contribution < -0.4 is 0 Å². The Morgan fingerprint density at radius 1 is 0.750 bits per heavy atom. The van der Waals surface area contributed by atoms with Gasteiger partial charge in [0.25, 0.3) is 0 Å². The summed E-state index contributed by atoms with van der Waals surface area (Å²) in [4.78, 5) is 0. The van der Waals surface area contributed by atoms with Crippen molar-refractivity contribution >= 4 is 0 Å². The highest BCUT2D eigenvalue weighted by Crippen LogP contribution is 2.40. The first-order valence-corrected chi connectivity index (χ1v) is 10.00. The minimum absolute atomic E-state index is 0.752. The van der Waals surface area contributed by atoms with Gasteiger partial charge in [-0.1, -0.05) is 37.8 Å². The second-order valence-electron chi connectivity index (χ2n) is 8.14. The van der Waals surface area contributed by atoms with E-state index in [0.717, 1.165) is 47.7 Å². The zero-order valence-corrected chi connectivity index (χ0v) is 14.8. The first kappa shape index (κ1) is 17.3. The molecule has 2 saturated carbocycles. The summed E-state index contributed by atoms with van der Waals surface area (Å²) in [6, 6.07) is 4.60. The largest absolute Gasteiger partial charge is 0.193 e. The SMILES string of the molecule is N#CC1=CC2CCCCC2CC1.N#CC1=CCC2CCCCC2C1. The molecule has 0 N–H and O–H groups in total. The average Bonchev–Trinajstić information content (AvgIpc) is 2.67. The molecule has 0 bridgehead atoms. The molecule has 2 fully saturated rings. The Morgan fingerprint density at radius 2 is 1.42 bits per heavy atom. The zero-order valence-electron chi connectivity index (χ0n) is 14.8. The molecule has 4 atom stereocenters. The fourth-order valence-electron chi connectivity index (χ4n) is 5.20. The standard InChI is InChI=1S/2C11H15N/c2*12-8-9-5-6-10-3-1-2-4-11(10)7-9/h7,10-11H,1-6H2;5,10-11H,1-4,6-7H2. The van der Waals surface area contributed by atoms with E-state index in [4.69, 9.17) is 10.5 Å². The normalized spacial score (nSPS) is 34.8. The summed E-state index contributed by atoms with van der Waals surface area (Å²) in [5, 5.41) is 17.5. The number of hydrogen-bond donors (Lipinski definition) is 0. The Hall–Kier alpha value is -1.54. The Bertz CT molecular complexity index is 570. The molecule has 0 aliphatic heterocycles. The molecule has 4 unspecified atom stereocenters. The molecule has 4 rings (SSSR count). The van der Waals surface area contributed by atoms with Crippen LogP contribution in [0.25, 0.3) is 0 Å². The summed E-state index contributed by atoms with van der Waals surface area (Å²) in [6.45, 7) is 0. The van der Waals surface area contributed by atoms with Crippen LogP contribution in [0.3, 0.4) is 0 Å². The van der Waals surface area contributed by atoms with Crippen molar-refractivity contribution in [1.29, 1.82) is 10.5 Å². The molecular formula is C22H30N2. The molecule has 0 aromatic heterocycles. The van der Waals surface area contributed by atoms with Crippen molar-refractivity contribution in [3.8, 4) is 12.1 Å². The van der Waals surface area contributed by atoms with Crippen LogP contribution in [0.4, 0.5) is 0 Å². The van der Waals surface area contributed by atoms with Crippen molar-refractivity contribution in [2.75, 3.05) is 0 Å². The first-order valence-electron chi connectivity index (χ1n) is 10.00. The minimum atomic E-state index is 0.752. The molecule has 4 aliphatic rings. The van der Waals surface area contributed by atoms with Crippen molar-refractivity contribution < 1.29 is 0 Å². The van der Waals surface area contributed by atoms with Crippen LogP contribution in [0.15, 0.2) is 23.3 Å². The van der Waals surface area contributed by atoms with E-state index in [1.807, 2.05) is 0 Å². The first-order chi connectivity index (χ1) is 11.8. The van der Waals surface area contributed by atoms with E-state index in [1.54, 1.807) is 0 Å². The smallest absolute Gasteiger partial charge is 0.0943 e. The number of allylic oxidation sites excluding steroid dienone is 4. The lowest BCUT2D eigenvalue weighted by molar-refractivity contribution is 0.228. The van der Waals surface area contributed by atoms with Gasteiger partial charge in [0.2, 0.25) is 0 Å². The van der Waals surface area contributed by atoms with Gasteiger partial charge in [0, 0.05) is 11.1 Å². The molecule has 4 aliphatic carbocycles. The molecule has 0 spiro atoms. The minimum Gasteiger partial charge on any atom is -0.193 e. The van der Waals surface area contributed by atoms with Crippen molar-refractivity contribution in [3.05, 3.63) is 23.3 Å². The lowest BCUT2D eigenvalue weighted by Gasteiger charge is -2.33. The molecule has 0 aromatic carbocycles. The molecule has 0 aromatic rings. The third-order valence-corrected chi connectivity index (χ3v) is 6.67. The fraction of sp³-hybridized carbons (Fsp3) is 0.727. The van der Waals surface area contributed by atoms with Crippen molar-refractivity contribution in [2.24, 2.45) is 23.7 Å². The number of hydrogen-bond acceptors (Lipinski definition) is 2. The molecule has 0 saturated heterocycles. The lowest BCUT2D eigenvalue weighted by atomic mass is 9.71. The van der Waals surface area contributed by atoms with Gasteiger partial charge in [-0.15, -0.1) is 0 Å². The molecule has 24 heavy (non-hydrogen) atoms. The van der Waals surface area contributed by atoms with Crippen LogP contribution in [-0.2, 0) is 0 Å². The Balaban J connectivity index is 0.000000141. The van der Waals surface area contributed by atoms with E-state index < -0.39 is 0 Å². The predicted molar refractivity (Wildman–Crippen MR) is 96.8 cm³/mol. The van der Waals surface area contributed by atoms with Crippen LogP contribution in [0.2, 0.25) is 0 Å². The Morgan fingerprint density at radius 3 is 2.17 bits per heavy atom. The van der Waals surface area contributed by atoms with Gasteiger partial charge in [-0.2, -0.15) is 10.5 Å². The van der Waals surface area contributed by atoms with Crippen LogP contribution >= 0.6 is 0 Å². The van der Waals surface area contributed by atoms with Gasteiger partial charge in [0.15, 0.2) is 0 Å². The van der Waals surface area contributed by atoms with Gasteiger partial charge in [0.1, 0.15) is 0 Å². The van der Waals surface area contributed by atoms with Crippen molar-refractivity contribution in [1.82, 2.24) is 0 Å². The Kier molecular flexibility index (Phi) is 6.14. The van der Waals surface area contributed by atoms with Gasteiger partial charge in [-0.05, 0) is 75.0 Å². The van der Waals surface area contributed by atoms with E-state index >= 15 is 0 Å². The third-order valence-electron chi connectivity index (χ3n) is 6.67. The molecular weight excluding hydrogens is 292 g/mol. The summed E-state index contributed by atoms with van der Waals surface area (Å²) in [5.74, 6) is 3.42. The van der Waals surface area contributed by atoms with E-state index in [2.05, 4.69) is 24.3 Å². The van der Waals surface area contributed by atoms with Crippen LogP contribution in [0.1, 0.15) is 77.0 Å². The summed E-state index contributed by atoms with van der Waals surface area (Å²) in [7, 11) is 0. The summed E-state index contributed by atoms with van der Waals surface area (Å²) in [6.07, 6.45) is 20.0. The molecule has 2 nitrogen and oxygen atoms in total. The van der Waals surface area contributed by atoms with E-state index in [-0.39, 0.29) is 0 Å². The van der Waals surface area contributed by atoms with Crippen LogP contribution in [0.5, 0.6) is 0 Å². The number of fused-ring (bicyclic) bond motifs is 2. The van der Waals surface area contributed by atoms with Crippen LogP contribution in [-0.4, -0.2) is 0 Å². The van der Waals surface area contributed by atoms with Gasteiger partial charge in [0.05, 0.1) is 12.1 Å². The van der Waals surface area contributed by atoms with E-state index in [1.165, 1.54) is 64.2 Å². The molecule has 0 heterocycles. The Labute approximate surface area is 147 Å². The summed E-state index contributed by atoms with van der Waals surface area (Å²) in [5.41, 5.74) is 2.08. The highest BCUT2D eigenvalue weighted by atomic mass is 14.3. The highest BCUT2D eigenvalue weighted by molar-refractivity contribution is 5.24. The second-order valence-corrected chi connectivity index (χ2v) is 8.14. The third kappa shape index (κ3) is 4.30. The molecule has 2 heteroatoms. The number of rotatable bonds is 0. The van der Waals surface area contributed by atoms with Gasteiger partial charge in [-0.3, -0.25) is 0 Å². The number of nitrogens with zero attached hydrogens (tertiary/aromatic N) is 2. The average molecular weight is 322 g/mol. The molecule has 128 valence electrons. The number of nitriles is 2. The lowest BCUT2D eigenvalue weighted by Crippen LogP contribution is -2.22. The van der Waals surface area contributed by atoms with Crippen LogP contribution in [0, 0.1) is 46.3 Å². The van der Waals surface area contributed by atoms with Crippen molar-refractivity contribution in [2.45, 2.75) is 77.0 Å². The summed E-state index contributed by atoms with van der Waals surface area (Å²) >= 11 is 0. The topological polar surface area (TPSA) is 47.6 Å². The molecule has 0 radical (unpaired) electrons. The van der Waals surface area contributed by atoms with Gasteiger partial charge >= 0.3 is 0 Å². The highest BCUT2D eigenvalue weighted by Gasteiger charge is 2.28. The maximum atomic E-state index is 8.76. The maximum Gasteiger partial charge on any atom is 0.0943 e.